The second-order valence-electron chi connectivity index (χ2n) is 8.81. The summed E-state index contributed by atoms with van der Waals surface area (Å²) in [7, 11) is 0. The maximum absolute atomic E-state index is 12.0. The van der Waals surface area contributed by atoms with E-state index in [4.69, 9.17) is 9.47 Å². The summed E-state index contributed by atoms with van der Waals surface area (Å²) in [6.07, 6.45) is 4.95. The molecule has 0 aliphatic heterocycles. The minimum Gasteiger partial charge on any atom is -0.462 e. The molecule has 0 radical (unpaired) electrons. The Morgan fingerprint density at radius 3 is 1.57 bits per heavy atom. The van der Waals surface area contributed by atoms with Crippen molar-refractivity contribution in [3.63, 3.8) is 0 Å². The number of carbonyl (C=O) groups is 2. The molecule has 0 heterocycles. The largest absolute Gasteiger partial charge is 0.462 e. The van der Waals surface area contributed by atoms with E-state index >= 15 is 0 Å². The Kier molecular flexibility index (Phi) is 7.09. The van der Waals surface area contributed by atoms with Gasteiger partial charge in [-0.1, -0.05) is 48.0 Å². The minimum atomic E-state index is -0.123. The zero-order valence-electron chi connectivity index (χ0n) is 15.7. The van der Waals surface area contributed by atoms with E-state index in [9.17, 15) is 9.59 Å². The van der Waals surface area contributed by atoms with E-state index in [1.807, 2.05) is 20.8 Å². The molecule has 1 rings (SSSR count). The topological polar surface area (TPSA) is 52.6 Å². The summed E-state index contributed by atoms with van der Waals surface area (Å²) < 4.78 is 11.1. The molecule has 0 spiro atoms. The van der Waals surface area contributed by atoms with E-state index in [-0.39, 0.29) is 35.0 Å². The van der Waals surface area contributed by atoms with Crippen LogP contribution in [0.2, 0.25) is 0 Å². The van der Waals surface area contributed by atoms with Gasteiger partial charge in [-0.05, 0) is 36.5 Å². The van der Waals surface area contributed by atoms with Crippen molar-refractivity contribution >= 4 is 11.9 Å². The van der Waals surface area contributed by atoms with Gasteiger partial charge >= 0.3 is 11.9 Å². The van der Waals surface area contributed by atoms with Crippen molar-refractivity contribution in [1.82, 2.24) is 0 Å². The fourth-order valence-electron chi connectivity index (χ4n) is 2.67. The molecule has 0 aromatic heterocycles. The highest BCUT2D eigenvalue weighted by atomic mass is 16.6. The molecule has 0 atom stereocenters. The van der Waals surface area contributed by atoms with Crippen LogP contribution in [0.4, 0.5) is 0 Å². The van der Waals surface area contributed by atoms with Crippen LogP contribution in [0.3, 0.4) is 0 Å². The maximum atomic E-state index is 12.0. The van der Waals surface area contributed by atoms with E-state index < -0.39 is 0 Å². The Labute approximate surface area is 141 Å². The van der Waals surface area contributed by atoms with E-state index in [1.165, 1.54) is 0 Å². The summed E-state index contributed by atoms with van der Waals surface area (Å²) in [6, 6.07) is 0. The van der Waals surface area contributed by atoms with Crippen LogP contribution >= 0.6 is 0 Å². The summed E-state index contributed by atoms with van der Waals surface area (Å²) in [4.78, 5) is 23.9. The lowest BCUT2D eigenvalue weighted by Crippen LogP contribution is -2.31. The van der Waals surface area contributed by atoms with Crippen LogP contribution in [-0.2, 0) is 19.1 Å². The van der Waals surface area contributed by atoms with Crippen LogP contribution in [-0.4, -0.2) is 24.1 Å². The zero-order valence-corrected chi connectivity index (χ0v) is 15.7. The fourth-order valence-corrected chi connectivity index (χ4v) is 2.67. The van der Waals surface area contributed by atoms with Gasteiger partial charge in [-0.25, -0.2) is 0 Å². The van der Waals surface area contributed by atoms with E-state index in [0.29, 0.717) is 12.8 Å². The maximum Gasteiger partial charge on any atom is 0.306 e. The van der Waals surface area contributed by atoms with Gasteiger partial charge in [0.1, 0.15) is 12.2 Å². The molecule has 1 saturated carbocycles. The lowest BCUT2D eigenvalue weighted by atomic mass is 9.86. The SMILES string of the molecule is CCC(C)(C)CC(=O)OC1CCC(OC(=O)CC(C)(C)C)CC1. The van der Waals surface area contributed by atoms with Gasteiger partial charge in [0.15, 0.2) is 0 Å². The standard InChI is InChI=1S/C19H34O4/c1-7-19(5,6)13-17(21)23-15-10-8-14(9-11-15)22-16(20)12-18(2,3)4/h14-15H,7-13H2,1-6H3. The van der Waals surface area contributed by atoms with E-state index in [2.05, 4.69) is 20.8 Å². The van der Waals surface area contributed by atoms with Crippen molar-refractivity contribution in [3.05, 3.63) is 0 Å². The predicted molar refractivity (Wildman–Crippen MR) is 91.0 cm³/mol. The van der Waals surface area contributed by atoms with Crippen molar-refractivity contribution < 1.29 is 19.1 Å². The van der Waals surface area contributed by atoms with Crippen molar-refractivity contribution in [2.75, 3.05) is 0 Å². The first kappa shape index (κ1) is 20.0. The average molecular weight is 326 g/mol. The summed E-state index contributed by atoms with van der Waals surface area (Å²) in [5, 5.41) is 0. The van der Waals surface area contributed by atoms with Gasteiger partial charge in [0, 0.05) is 0 Å². The first-order valence-corrected chi connectivity index (χ1v) is 8.90. The monoisotopic (exact) mass is 326 g/mol. The van der Waals surface area contributed by atoms with Gasteiger partial charge in [-0.3, -0.25) is 9.59 Å². The molecule has 0 amide bonds. The van der Waals surface area contributed by atoms with Gasteiger partial charge in [0.05, 0.1) is 12.8 Å². The van der Waals surface area contributed by atoms with Gasteiger partial charge < -0.3 is 9.47 Å². The average Bonchev–Trinajstić information content (AvgIpc) is 2.38. The quantitative estimate of drug-likeness (QED) is 0.667. The van der Waals surface area contributed by atoms with E-state index in [0.717, 1.165) is 32.1 Å². The third kappa shape index (κ3) is 8.38. The number of ether oxygens (including phenoxy) is 2. The molecule has 23 heavy (non-hydrogen) atoms. The van der Waals surface area contributed by atoms with Crippen LogP contribution in [0.1, 0.15) is 86.5 Å². The highest BCUT2D eigenvalue weighted by Crippen LogP contribution is 2.29. The molecule has 0 aromatic rings. The predicted octanol–water partition coefficient (Wildman–Crippen LogP) is 4.65. The Bertz CT molecular complexity index is 398. The second-order valence-corrected chi connectivity index (χ2v) is 8.81. The number of esters is 2. The highest BCUT2D eigenvalue weighted by molar-refractivity contribution is 5.70. The number of rotatable bonds is 6. The van der Waals surface area contributed by atoms with Crippen molar-refractivity contribution in [1.29, 1.82) is 0 Å². The third-order valence-corrected chi connectivity index (χ3v) is 4.47. The fraction of sp³-hybridized carbons (Fsp3) is 0.895. The number of carbonyl (C=O) groups excluding carboxylic acids is 2. The molecule has 0 N–H and O–H groups in total. The van der Waals surface area contributed by atoms with Crippen molar-refractivity contribution in [3.8, 4) is 0 Å². The molecule has 1 aliphatic carbocycles. The zero-order chi connectivity index (χ0) is 17.7. The Morgan fingerprint density at radius 2 is 1.22 bits per heavy atom. The lowest BCUT2D eigenvalue weighted by Gasteiger charge is -2.30. The van der Waals surface area contributed by atoms with Crippen molar-refractivity contribution in [2.24, 2.45) is 10.8 Å². The van der Waals surface area contributed by atoms with Crippen molar-refractivity contribution in [2.45, 2.75) is 98.7 Å². The summed E-state index contributed by atoms with van der Waals surface area (Å²) in [5.74, 6) is -0.229. The van der Waals surface area contributed by atoms with Gasteiger partial charge in [-0.15, -0.1) is 0 Å². The third-order valence-electron chi connectivity index (χ3n) is 4.47. The van der Waals surface area contributed by atoms with Gasteiger partial charge in [0.2, 0.25) is 0 Å². The molecule has 0 bridgehead atoms. The first-order chi connectivity index (χ1) is 10.5. The van der Waals surface area contributed by atoms with Gasteiger partial charge in [-0.2, -0.15) is 0 Å². The molecular formula is C19H34O4. The molecule has 4 nitrogen and oxygen atoms in total. The number of hydrogen-bond acceptors (Lipinski definition) is 4. The smallest absolute Gasteiger partial charge is 0.306 e. The normalized spacial score (nSPS) is 22.5. The summed E-state index contributed by atoms with van der Waals surface area (Å²) in [6.45, 7) is 12.3. The van der Waals surface area contributed by atoms with Crippen LogP contribution in [0.15, 0.2) is 0 Å². The molecule has 0 saturated heterocycles. The van der Waals surface area contributed by atoms with Crippen LogP contribution in [0.25, 0.3) is 0 Å². The summed E-state index contributed by atoms with van der Waals surface area (Å²) >= 11 is 0. The number of hydrogen-bond donors (Lipinski definition) is 0. The lowest BCUT2D eigenvalue weighted by molar-refractivity contribution is -0.160. The molecule has 0 aromatic carbocycles. The highest BCUT2D eigenvalue weighted by Gasteiger charge is 2.29. The van der Waals surface area contributed by atoms with Crippen LogP contribution in [0.5, 0.6) is 0 Å². The molecule has 1 fully saturated rings. The Hall–Kier alpha value is -1.06. The molecular weight excluding hydrogens is 292 g/mol. The van der Waals surface area contributed by atoms with E-state index in [1.54, 1.807) is 0 Å². The molecule has 0 unspecified atom stereocenters. The first-order valence-electron chi connectivity index (χ1n) is 8.90. The minimum absolute atomic E-state index is 0.00320. The molecule has 4 heteroatoms. The summed E-state index contributed by atoms with van der Waals surface area (Å²) in [5.41, 5.74) is -0.0489. The molecule has 1 aliphatic rings. The van der Waals surface area contributed by atoms with Crippen LogP contribution < -0.4 is 0 Å². The Morgan fingerprint density at radius 1 is 0.826 bits per heavy atom. The Balaban J connectivity index is 2.30. The second kappa shape index (κ2) is 8.16. The van der Waals surface area contributed by atoms with Crippen LogP contribution in [0, 0.1) is 10.8 Å². The molecule has 134 valence electrons. The van der Waals surface area contributed by atoms with Gasteiger partial charge in [0.25, 0.3) is 0 Å².